The van der Waals surface area contributed by atoms with E-state index < -0.39 is 0 Å². The number of piperidine rings is 1. The summed E-state index contributed by atoms with van der Waals surface area (Å²) in [6.45, 7) is 1.17. The number of rotatable bonds is 4. The molecule has 5 heteroatoms. The summed E-state index contributed by atoms with van der Waals surface area (Å²) in [6, 6.07) is 7.52. The van der Waals surface area contributed by atoms with Crippen LogP contribution in [0.2, 0.25) is 0 Å². The molecule has 22 heavy (non-hydrogen) atoms. The highest BCUT2D eigenvalue weighted by Crippen LogP contribution is 2.19. The number of likely N-dealkylation sites (tertiary alicyclic amines) is 1. The minimum atomic E-state index is -0.181. The highest BCUT2D eigenvalue weighted by Gasteiger charge is 2.26. The molecule has 1 aliphatic heterocycles. The van der Waals surface area contributed by atoms with Crippen molar-refractivity contribution in [2.45, 2.75) is 12.8 Å². The number of hydrogen-bond acceptors (Lipinski definition) is 4. The lowest BCUT2D eigenvalue weighted by molar-refractivity contribution is -0.148. The zero-order chi connectivity index (χ0) is 15.9. The van der Waals surface area contributed by atoms with E-state index in [-0.39, 0.29) is 17.8 Å². The van der Waals surface area contributed by atoms with Crippen molar-refractivity contribution in [2.24, 2.45) is 5.92 Å². The van der Waals surface area contributed by atoms with Gasteiger partial charge in [0, 0.05) is 19.2 Å². The van der Waals surface area contributed by atoms with Gasteiger partial charge in [0.1, 0.15) is 5.75 Å². The number of carbonyl (C=O) groups excluding carboxylic acids is 2. The summed E-state index contributed by atoms with van der Waals surface area (Å²) < 4.78 is 9.89. The standard InChI is InChI=1S/C17H21NO4/c1-21-15-5-3-4-13(12-15)6-7-16(19)18-10-8-14(9-11-18)17(20)22-2/h3-7,12,14H,8-11H2,1-2H3. The molecule has 5 nitrogen and oxygen atoms in total. The Morgan fingerprint density at radius 1 is 1.23 bits per heavy atom. The Balaban J connectivity index is 1.90. The van der Waals surface area contributed by atoms with E-state index in [9.17, 15) is 9.59 Å². The van der Waals surface area contributed by atoms with Crippen LogP contribution in [0.25, 0.3) is 6.08 Å². The molecule has 1 saturated heterocycles. The molecule has 0 aromatic heterocycles. The Morgan fingerprint density at radius 3 is 2.59 bits per heavy atom. The number of methoxy groups -OCH3 is 2. The Morgan fingerprint density at radius 2 is 1.95 bits per heavy atom. The smallest absolute Gasteiger partial charge is 0.308 e. The maximum atomic E-state index is 12.2. The van der Waals surface area contributed by atoms with Gasteiger partial charge in [-0.1, -0.05) is 12.1 Å². The van der Waals surface area contributed by atoms with Crippen LogP contribution in [0.3, 0.4) is 0 Å². The predicted octanol–water partition coefficient (Wildman–Crippen LogP) is 2.12. The largest absolute Gasteiger partial charge is 0.497 e. The van der Waals surface area contributed by atoms with Crippen LogP contribution in [-0.2, 0) is 14.3 Å². The molecule has 118 valence electrons. The second kappa shape index (κ2) is 7.64. The quantitative estimate of drug-likeness (QED) is 0.631. The van der Waals surface area contributed by atoms with E-state index in [1.54, 1.807) is 24.2 Å². The average molecular weight is 303 g/mol. The third kappa shape index (κ3) is 4.10. The van der Waals surface area contributed by atoms with E-state index in [1.807, 2.05) is 24.3 Å². The number of benzene rings is 1. The number of carbonyl (C=O) groups is 2. The summed E-state index contributed by atoms with van der Waals surface area (Å²) in [4.78, 5) is 25.4. The van der Waals surface area contributed by atoms with Crippen molar-refractivity contribution in [3.63, 3.8) is 0 Å². The lowest BCUT2D eigenvalue weighted by atomic mass is 9.97. The van der Waals surface area contributed by atoms with E-state index in [4.69, 9.17) is 9.47 Å². The molecule has 0 radical (unpaired) electrons. The van der Waals surface area contributed by atoms with Crippen LogP contribution in [0.15, 0.2) is 30.3 Å². The monoisotopic (exact) mass is 303 g/mol. The minimum absolute atomic E-state index is 0.0360. The first kappa shape index (κ1) is 16.1. The second-order valence-corrected chi connectivity index (χ2v) is 5.23. The van der Waals surface area contributed by atoms with Gasteiger partial charge in [0.2, 0.25) is 5.91 Å². The van der Waals surface area contributed by atoms with Gasteiger partial charge in [-0.05, 0) is 36.6 Å². The zero-order valence-electron chi connectivity index (χ0n) is 13.0. The van der Waals surface area contributed by atoms with Gasteiger partial charge in [0.15, 0.2) is 0 Å². The normalized spacial score (nSPS) is 15.8. The maximum Gasteiger partial charge on any atom is 0.308 e. The number of ether oxygens (including phenoxy) is 2. The fourth-order valence-corrected chi connectivity index (χ4v) is 2.52. The van der Waals surface area contributed by atoms with Crippen molar-refractivity contribution < 1.29 is 19.1 Å². The Labute approximate surface area is 130 Å². The molecule has 2 rings (SSSR count). The van der Waals surface area contributed by atoms with E-state index in [0.29, 0.717) is 25.9 Å². The van der Waals surface area contributed by atoms with Gasteiger partial charge in [-0.25, -0.2) is 0 Å². The lowest BCUT2D eigenvalue weighted by Gasteiger charge is -2.29. The van der Waals surface area contributed by atoms with Crippen LogP contribution in [0.4, 0.5) is 0 Å². The van der Waals surface area contributed by atoms with E-state index in [2.05, 4.69) is 0 Å². The van der Waals surface area contributed by atoms with Gasteiger partial charge >= 0.3 is 5.97 Å². The molecule has 0 N–H and O–H groups in total. The van der Waals surface area contributed by atoms with Crippen LogP contribution < -0.4 is 4.74 Å². The molecular weight excluding hydrogens is 282 g/mol. The van der Waals surface area contributed by atoms with Crippen molar-refractivity contribution in [3.8, 4) is 5.75 Å². The molecule has 0 aliphatic carbocycles. The van der Waals surface area contributed by atoms with Crippen molar-refractivity contribution in [2.75, 3.05) is 27.3 Å². The highest BCUT2D eigenvalue weighted by atomic mass is 16.5. The average Bonchev–Trinajstić information content (AvgIpc) is 2.59. The summed E-state index contributed by atoms with van der Waals surface area (Å²) in [5, 5.41) is 0. The van der Waals surface area contributed by atoms with Crippen molar-refractivity contribution >= 4 is 18.0 Å². The fraction of sp³-hybridized carbons (Fsp3) is 0.412. The summed E-state index contributed by atoms with van der Waals surface area (Å²) in [5.41, 5.74) is 0.914. The first-order valence-electron chi connectivity index (χ1n) is 7.33. The van der Waals surface area contributed by atoms with E-state index in [0.717, 1.165) is 11.3 Å². The second-order valence-electron chi connectivity index (χ2n) is 5.23. The van der Waals surface area contributed by atoms with Gasteiger partial charge < -0.3 is 14.4 Å². The molecule has 0 spiro atoms. The predicted molar refractivity (Wildman–Crippen MR) is 83.3 cm³/mol. The summed E-state index contributed by atoms with van der Waals surface area (Å²) in [6.07, 6.45) is 4.65. The number of nitrogens with zero attached hydrogens (tertiary/aromatic N) is 1. The number of esters is 1. The highest BCUT2D eigenvalue weighted by molar-refractivity contribution is 5.92. The topological polar surface area (TPSA) is 55.8 Å². The summed E-state index contributed by atoms with van der Waals surface area (Å²) in [5.74, 6) is 0.454. The van der Waals surface area contributed by atoms with Gasteiger partial charge in [0.05, 0.1) is 20.1 Å². The van der Waals surface area contributed by atoms with Crippen molar-refractivity contribution in [1.29, 1.82) is 0 Å². The molecule has 0 saturated carbocycles. The molecule has 0 atom stereocenters. The SMILES string of the molecule is COC(=O)C1CCN(C(=O)C=Cc2cccc(OC)c2)CC1. The Hall–Kier alpha value is -2.30. The third-order valence-corrected chi connectivity index (χ3v) is 3.85. The van der Waals surface area contributed by atoms with Crippen LogP contribution in [0.1, 0.15) is 18.4 Å². The Kier molecular flexibility index (Phi) is 5.58. The van der Waals surface area contributed by atoms with Gasteiger partial charge in [0.25, 0.3) is 0 Å². The molecule has 1 heterocycles. The molecule has 1 amide bonds. The molecule has 1 aliphatic rings. The van der Waals surface area contributed by atoms with Crippen LogP contribution in [0, 0.1) is 5.92 Å². The summed E-state index contributed by atoms with van der Waals surface area (Å²) in [7, 11) is 3.01. The van der Waals surface area contributed by atoms with Gasteiger partial charge in [-0.15, -0.1) is 0 Å². The number of amides is 1. The molecule has 0 unspecified atom stereocenters. The Bertz CT molecular complexity index is 560. The lowest BCUT2D eigenvalue weighted by Crippen LogP contribution is -2.39. The van der Waals surface area contributed by atoms with E-state index in [1.165, 1.54) is 7.11 Å². The maximum absolute atomic E-state index is 12.2. The molecule has 1 aromatic carbocycles. The molecule has 1 aromatic rings. The first-order chi connectivity index (χ1) is 10.6. The summed E-state index contributed by atoms with van der Waals surface area (Å²) >= 11 is 0. The first-order valence-corrected chi connectivity index (χ1v) is 7.33. The zero-order valence-corrected chi connectivity index (χ0v) is 13.0. The van der Waals surface area contributed by atoms with Crippen LogP contribution in [-0.4, -0.2) is 44.1 Å². The van der Waals surface area contributed by atoms with Crippen molar-refractivity contribution in [1.82, 2.24) is 4.90 Å². The minimum Gasteiger partial charge on any atom is -0.497 e. The molecule has 1 fully saturated rings. The third-order valence-electron chi connectivity index (χ3n) is 3.85. The van der Waals surface area contributed by atoms with E-state index >= 15 is 0 Å². The van der Waals surface area contributed by atoms with Crippen LogP contribution in [0.5, 0.6) is 5.75 Å². The fourth-order valence-electron chi connectivity index (χ4n) is 2.52. The van der Waals surface area contributed by atoms with Crippen LogP contribution >= 0.6 is 0 Å². The number of hydrogen-bond donors (Lipinski definition) is 0. The molecule has 0 bridgehead atoms. The van der Waals surface area contributed by atoms with Gasteiger partial charge in [-0.3, -0.25) is 9.59 Å². The van der Waals surface area contributed by atoms with Gasteiger partial charge in [-0.2, -0.15) is 0 Å². The van der Waals surface area contributed by atoms with Crippen molar-refractivity contribution in [3.05, 3.63) is 35.9 Å². The molecular formula is C17H21NO4.